The number of carbonyl (C=O) groups is 2. The Morgan fingerprint density at radius 2 is 2.20 bits per heavy atom. The van der Waals surface area contributed by atoms with Gasteiger partial charge in [0, 0.05) is 36.2 Å². The fourth-order valence-electron chi connectivity index (χ4n) is 2.24. The van der Waals surface area contributed by atoms with Gasteiger partial charge in [-0.1, -0.05) is 23.4 Å². The first-order valence-corrected chi connectivity index (χ1v) is 7.50. The van der Waals surface area contributed by atoms with Gasteiger partial charge in [-0.2, -0.15) is 0 Å². The molecule has 1 saturated heterocycles. The summed E-state index contributed by atoms with van der Waals surface area (Å²) in [6, 6.07) is 3.56. The molecule has 1 fully saturated rings. The number of methoxy groups -OCH3 is 1. The third-order valence-corrected chi connectivity index (χ3v) is 4.56. The zero-order chi connectivity index (χ0) is 14.9. The minimum absolute atomic E-state index is 0.000639. The van der Waals surface area contributed by atoms with Gasteiger partial charge in [0.2, 0.25) is 5.91 Å². The Labute approximate surface area is 127 Å². The average molecular weight is 314 g/mol. The quantitative estimate of drug-likeness (QED) is 0.860. The zero-order valence-electron chi connectivity index (χ0n) is 11.6. The van der Waals surface area contributed by atoms with E-state index in [1.165, 1.54) is 18.7 Å². The Bertz CT molecular complexity index is 562. The summed E-state index contributed by atoms with van der Waals surface area (Å²) in [5, 5.41) is 0.636. The van der Waals surface area contributed by atoms with Crippen molar-refractivity contribution in [1.29, 1.82) is 0 Å². The van der Waals surface area contributed by atoms with Crippen LogP contribution in [0.1, 0.15) is 18.9 Å². The molecule has 1 atom stereocenters. The lowest BCUT2D eigenvalue weighted by atomic mass is 10.2. The number of ether oxygens (including phenoxy) is 1. The van der Waals surface area contributed by atoms with E-state index in [4.69, 9.17) is 16.3 Å². The van der Waals surface area contributed by atoms with Gasteiger partial charge >= 0.3 is 0 Å². The van der Waals surface area contributed by atoms with Crippen LogP contribution in [0, 0.1) is 6.92 Å². The van der Waals surface area contributed by atoms with Crippen molar-refractivity contribution in [2.75, 3.05) is 18.6 Å². The predicted octanol–water partition coefficient (Wildman–Crippen LogP) is 3.04. The predicted molar refractivity (Wildman–Crippen MR) is 81.8 cm³/mol. The first-order valence-electron chi connectivity index (χ1n) is 6.24. The van der Waals surface area contributed by atoms with Crippen LogP contribution in [0.3, 0.4) is 0 Å². The molecule has 6 heteroatoms. The smallest absolute Gasteiger partial charge is 0.228 e. The molecule has 2 rings (SSSR count). The SMILES string of the molecule is COc1cc(Cl)c(C)cc1N1CC(SC(C)=O)CC1=O. The molecule has 1 aliphatic heterocycles. The number of halogens is 1. The molecule has 0 spiro atoms. The molecule has 1 amide bonds. The van der Waals surface area contributed by atoms with E-state index in [0.717, 1.165) is 5.56 Å². The third-order valence-electron chi connectivity index (χ3n) is 3.17. The van der Waals surface area contributed by atoms with E-state index in [-0.39, 0.29) is 16.3 Å². The van der Waals surface area contributed by atoms with Crippen LogP contribution in [0.25, 0.3) is 0 Å². The van der Waals surface area contributed by atoms with Gasteiger partial charge in [0.05, 0.1) is 12.8 Å². The molecule has 0 N–H and O–H groups in total. The summed E-state index contributed by atoms with van der Waals surface area (Å²) in [6.45, 7) is 3.92. The lowest BCUT2D eigenvalue weighted by Gasteiger charge is -2.20. The van der Waals surface area contributed by atoms with Crippen LogP contribution >= 0.6 is 23.4 Å². The topological polar surface area (TPSA) is 46.6 Å². The summed E-state index contributed by atoms with van der Waals surface area (Å²) in [4.78, 5) is 25.0. The van der Waals surface area contributed by atoms with E-state index in [9.17, 15) is 9.59 Å². The molecule has 1 aromatic carbocycles. The zero-order valence-corrected chi connectivity index (χ0v) is 13.2. The number of thioether (sulfide) groups is 1. The third kappa shape index (κ3) is 3.10. The second kappa shape index (κ2) is 6.06. The van der Waals surface area contributed by atoms with E-state index in [2.05, 4.69) is 0 Å². The molecule has 1 unspecified atom stereocenters. The maximum atomic E-state index is 12.1. The van der Waals surface area contributed by atoms with E-state index in [0.29, 0.717) is 29.4 Å². The number of hydrogen-bond acceptors (Lipinski definition) is 4. The molecule has 0 radical (unpaired) electrons. The van der Waals surface area contributed by atoms with Gasteiger partial charge in [0.25, 0.3) is 0 Å². The van der Waals surface area contributed by atoms with Crippen LogP contribution in [0.4, 0.5) is 5.69 Å². The Morgan fingerprint density at radius 1 is 1.50 bits per heavy atom. The van der Waals surface area contributed by atoms with E-state index in [1.54, 1.807) is 18.1 Å². The molecule has 4 nitrogen and oxygen atoms in total. The van der Waals surface area contributed by atoms with Crippen molar-refractivity contribution in [3.8, 4) is 5.75 Å². The Morgan fingerprint density at radius 3 is 2.80 bits per heavy atom. The number of nitrogens with zero attached hydrogens (tertiary/aromatic N) is 1. The molecule has 0 aliphatic carbocycles. The van der Waals surface area contributed by atoms with Gasteiger partial charge in [-0.3, -0.25) is 9.59 Å². The van der Waals surface area contributed by atoms with Gasteiger partial charge in [-0.25, -0.2) is 0 Å². The summed E-state index contributed by atoms with van der Waals surface area (Å²) in [7, 11) is 1.55. The van der Waals surface area contributed by atoms with Crippen LogP contribution in [-0.2, 0) is 9.59 Å². The summed E-state index contributed by atoms with van der Waals surface area (Å²) in [5.74, 6) is 0.575. The van der Waals surface area contributed by atoms with Crippen molar-refractivity contribution in [2.24, 2.45) is 0 Å². The van der Waals surface area contributed by atoms with Crippen molar-refractivity contribution < 1.29 is 14.3 Å². The number of amides is 1. The van der Waals surface area contributed by atoms with Crippen molar-refractivity contribution in [3.63, 3.8) is 0 Å². The summed E-state index contributed by atoms with van der Waals surface area (Å²) in [5.41, 5.74) is 1.60. The molecule has 20 heavy (non-hydrogen) atoms. The molecule has 1 aliphatic rings. The Kier molecular flexibility index (Phi) is 4.60. The molecule has 0 aromatic heterocycles. The van der Waals surface area contributed by atoms with Crippen LogP contribution < -0.4 is 9.64 Å². The molecular weight excluding hydrogens is 298 g/mol. The van der Waals surface area contributed by atoms with Crippen LogP contribution in [0.2, 0.25) is 5.02 Å². The molecular formula is C14H16ClNO3S. The summed E-state index contributed by atoms with van der Waals surface area (Å²) >= 11 is 7.29. The first kappa shape index (κ1) is 15.2. The van der Waals surface area contributed by atoms with Gasteiger partial charge in [0.15, 0.2) is 5.12 Å². The number of carbonyl (C=O) groups excluding carboxylic acids is 2. The largest absolute Gasteiger partial charge is 0.495 e. The van der Waals surface area contributed by atoms with E-state index < -0.39 is 0 Å². The van der Waals surface area contributed by atoms with Crippen molar-refractivity contribution in [3.05, 3.63) is 22.7 Å². The van der Waals surface area contributed by atoms with Crippen molar-refractivity contribution in [1.82, 2.24) is 0 Å². The minimum atomic E-state index is 0.000639. The number of aryl methyl sites for hydroxylation is 1. The normalized spacial score (nSPS) is 18.5. The minimum Gasteiger partial charge on any atom is -0.495 e. The second-order valence-electron chi connectivity index (χ2n) is 4.71. The lowest BCUT2D eigenvalue weighted by molar-refractivity contribution is -0.117. The number of benzene rings is 1. The van der Waals surface area contributed by atoms with Crippen LogP contribution in [-0.4, -0.2) is 29.9 Å². The molecule has 1 aromatic rings. The fraction of sp³-hybridized carbons (Fsp3) is 0.429. The maximum absolute atomic E-state index is 12.1. The fourth-order valence-corrected chi connectivity index (χ4v) is 3.32. The Hall–Kier alpha value is -1.20. The van der Waals surface area contributed by atoms with E-state index >= 15 is 0 Å². The van der Waals surface area contributed by atoms with Crippen LogP contribution in [0.15, 0.2) is 12.1 Å². The highest BCUT2D eigenvalue weighted by molar-refractivity contribution is 8.14. The van der Waals surface area contributed by atoms with Gasteiger partial charge < -0.3 is 9.64 Å². The van der Waals surface area contributed by atoms with Crippen LogP contribution in [0.5, 0.6) is 5.75 Å². The van der Waals surface area contributed by atoms with E-state index in [1.807, 2.05) is 13.0 Å². The van der Waals surface area contributed by atoms with Crippen molar-refractivity contribution in [2.45, 2.75) is 25.5 Å². The molecule has 0 bridgehead atoms. The van der Waals surface area contributed by atoms with Gasteiger partial charge in [0.1, 0.15) is 5.75 Å². The second-order valence-corrected chi connectivity index (χ2v) is 6.60. The lowest BCUT2D eigenvalue weighted by Crippen LogP contribution is -2.25. The highest BCUT2D eigenvalue weighted by atomic mass is 35.5. The summed E-state index contributed by atoms with van der Waals surface area (Å²) in [6.07, 6.45) is 0.370. The average Bonchev–Trinajstić information content (AvgIpc) is 2.72. The standard InChI is InChI=1S/C14H16ClNO3S/c1-8-4-12(13(19-3)6-11(8)15)16-7-10(5-14(16)18)20-9(2)17/h4,6,10H,5,7H2,1-3H3. The van der Waals surface area contributed by atoms with Crippen molar-refractivity contribution >= 4 is 40.1 Å². The molecule has 1 heterocycles. The highest BCUT2D eigenvalue weighted by Gasteiger charge is 2.33. The van der Waals surface area contributed by atoms with Gasteiger partial charge in [-0.15, -0.1) is 0 Å². The summed E-state index contributed by atoms with van der Waals surface area (Å²) < 4.78 is 5.31. The first-order chi connectivity index (χ1) is 9.42. The number of anilines is 1. The Balaban J connectivity index is 2.30. The monoisotopic (exact) mass is 313 g/mol. The van der Waals surface area contributed by atoms with Gasteiger partial charge in [-0.05, 0) is 18.6 Å². The maximum Gasteiger partial charge on any atom is 0.228 e. The highest BCUT2D eigenvalue weighted by Crippen LogP contribution is 2.37. The molecule has 108 valence electrons. The number of rotatable bonds is 3. The molecule has 0 saturated carbocycles. The number of hydrogen-bond donors (Lipinski definition) is 0.